The van der Waals surface area contributed by atoms with Crippen LogP contribution >= 0.6 is 0 Å². The first-order valence-electron chi connectivity index (χ1n) is 9.43. The Balaban J connectivity index is 1.67. The van der Waals surface area contributed by atoms with E-state index < -0.39 is 16.1 Å². The van der Waals surface area contributed by atoms with E-state index in [9.17, 15) is 13.2 Å². The molecular formula is C21H22N4O6S. The van der Waals surface area contributed by atoms with Gasteiger partial charge in [0.1, 0.15) is 5.75 Å². The molecule has 0 aliphatic heterocycles. The smallest absolute Gasteiger partial charge is 0.321 e. The molecule has 1 amide bonds. The van der Waals surface area contributed by atoms with E-state index in [4.69, 9.17) is 14.2 Å². The second-order valence-corrected chi connectivity index (χ2v) is 8.16. The number of sulfonamides is 1. The zero-order chi connectivity index (χ0) is 23.1. The Hall–Kier alpha value is -3.86. The normalized spacial score (nSPS) is 11.8. The third-order valence-corrected chi connectivity index (χ3v) is 5.54. The average molecular weight is 458 g/mol. The van der Waals surface area contributed by atoms with E-state index in [0.29, 0.717) is 11.4 Å². The molecule has 0 unspecified atom stereocenters. The van der Waals surface area contributed by atoms with Crippen LogP contribution in [0.15, 0.2) is 65.6 Å². The van der Waals surface area contributed by atoms with Crippen molar-refractivity contribution < 1.29 is 27.4 Å². The molecule has 11 heteroatoms. The third-order valence-electron chi connectivity index (χ3n) is 4.17. The molecule has 0 spiro atoms. The molecular weight excluding hydrogens is 436 g/mol. The molecule has 0 aliphatic carbocycles. The van der Waals surface area contributed by atoms with Gasteiger partial charge in [-0.1, -0.05) is 18.2 Å². The molecule has 0 saturated heterocycles. The van der Waals surface area contributed by atoms with Crippen LogP contribution in [0.3, 0.4) is 0 Å². The van der Waals surface area contributed by atoms with Crippen LogP contribution in [0.2, 0.25) is 0 Å². The fourth-order valence-corrected chi connectivity index (χ4v) is 3.56. The van der Waals surface area contributed by atoms with E-state index in [-0.39, 0.29) is 28.5 Å². The lowest BCUT2D eigenvalue weighted by Crippen LogP contribution is -2.30. The van der Waals surface area contributed by atoms with E-state index in [1.165, 1.54) is 44.6 Å². The number of para-hydroxylation sites is 1. The van der Waals surface area contributed by atoms with Gasteiger partial charge in [0.25, 0.3) is 15.9 Å². The van der Waals surface area contributed by atoms with Gasteiger partial charge in [-0.3, -0.25) is 9.52 Å². The Labute approximate surface area is 185 Å². The first-order valence-corrected chi connectivity index (χ1v) is 10.9. The molecule has 3 aromatic rings. The molecule has 0 radical (unpaired) electrons. The summed E-state index contributed by atoms with van der Waals surface area (Å²) in [6.07, 6.45) is -0.745. The average Bonchev–Trinajstić information content (AvgIpc) is 2.79. The molecule has 1 heterocycles. The van der Waals surface area contributed by atoms with Gasteiger partial charge in [0.15, 0.2) is 11.9 Å². The summed E-state index contributed by atoms with van der Waals surface area (Å²) < 4.78 is 43.2. The molecule has 168 valence electrons. The molecule has 10 nitrogen and oxygen atoms in total. The maximum Gasteiger partial charge on any atom is 0.321 e. The quantitative estimate of drug-likeness (QED) is 0.501. The lowest BCUT2D eigenvalue weighted by molar-refractivity contribution is -0.122. The zero-order valence-electron chi connectivity index (χ0n) is 17.6. The minimum atomic E-state index is -3.95. The second kappa shape index (κ2) is 9.96. The summed E-state index contributed by atoms with van der Waals surface area (Å²) in [5.74, 6) is 0.320. The summed E-state index contributed by atoms with van der Waals surface area (Å²) in [6, 6.07) is 15.9. The van der Waals surface area contributed by atoms with Crippen molar-refractivity contribution in [3.05, 3.63) is 60.7 Å². The van der Waals surface area contributed by atoms with Gasteiger partial charge < -0.3 is 19.5 Å². The monoisotopic (exact) mass is 458 g/mol. The van der Waals surface area contributed by atoms with Gasteiger partial charge in [-0.2, -0.15) is 9.97 Å². The largest absolute Gasteiger partial charge is 0.481 e. The van der Waals surface area contributed by atoms with Gasteiger partial charge in [-0.05, 0) is 43.3 Å². The van der Waals surface area contributed by atoms with Crippen molar-refractivity contribution in [2.45, 2.75) is 17.9 Å². The molecule has 0 fully saturated rings. The summed E-state index contributed by atoms with van der Waals surface area (Å²) in [4.78, 5) is 20.2. The van der Waals surface area contributed by atoms with E-state index >= 15 is 0 Å². The Kier molecular flexibility index (Phi) is 7.11. The third kappa shape index (κ3) is 5.85. The van der Waals surface area contributed by atoms with Crippen LogP contribution in [0.5, 0.6) is 17.6 Å². The summed E-state index contributed by atoms with van der Waals surface area (Å²) in [6.45, 7) is 1.62. The number of aromatic nitrogens is 2. The fourth-order valence-electron chi connectivity index (χ4n) is 2.57. The molecule has 0 aliphatic rings. The number of hydrogen-bond donors (Lipinski definition) is 2. The Morgan fingerprint density at radius 1 is 0.969 bits per heavy atom. The topological polar surface area (TPSA) is 129 Å². The van der Waals surface area contributed by atoms with Crippen LogP contribution < -0.4 is 24.2 Å². The van der Waals surface area contributed by atoms with Crippen molar-refractivity contribution >= 4 is 27.4 Å². The number of rotatable bonds is 9. The van der Waals surface area contributed by atoms with Gasteiger partial charge in [0.05, 0.1) is 19.1 Å². The van der Waals surface area contributed by atoms with Crippen LogP contribution in [0.25, 0.3) is 0 Å². The maximum atomic E-state index is 12.7. The summed E-state index contributed by atoms with van der Waals surface area (Å²) in [5, 5.41) is 2.69. The van der Waals surface area contributed by atoms with Crippen molar-refractivity contribution in [1.29, 1.82) is 0 Å². The van der Waals surface area contributed by atoms with Crippen molar-refractivity contribution in [2.75, 3.05) is 24.3 Å². The SMILES string of the molecule is COc1cc(NS(=O)(=O)c2ccc(NC(=O)[C@@H](C)Oc3ccccc3)cc2)nc(OC)n1. The zero-order valence-corrected chi connectivity index (χ0v) is 18.4. The molecule has 0 bridgehead atoms. The van der Waals surface area contributed by atoms with Crippen molar-refractivity contribution in [1.82, 2.24) is 9.97 Å². The summed E-state index contributed by atoms with van der Waals surface area (Å²) in [7, 11) is -1.21. The first-order chi connectivity index (χ1) is 15.3. The number of amides is 1. The Morgan fingerprint density at radius 3 is 2.28 bits per heavy atom. The number of nitrogens with zero attached hydrogens (tertiary/aromatic N) is 2. The number of hydrogen-bond acceptors (Lipinski definition) is 8. The van der Waals surface area contributed by atoms with Crippen molar-refractivity contribution in [3.8, 4) is 17.6 Å². The molecule has 2 N–H and O–H groups in total. The predicted octanol–water partition coefficient (Wildman–Crippen LogP) is 2.70. The van der Waals surface area contributed by atoms with Crippen LogP contribution in [-0.2, 0) is 14.8 Å². The van der Waals surface area contributed by atoms with Gasteiger partial charge in [0, 0.05) is 11.8 Å². The highest BCUT2D eigenvalue weighted by atomic mass is 32.2. The number of anilines is 2. The van der Waals surface area contributed by atoms with Crippen molar-refractivity contribution in [3.63, 3.8) is 0 Å². The Bertz CT molecular complexity index is 1150. The highest BCUT2D eigenvalue weighted by Gasteiger charge is 2.18. The molecule has 0 saturated carbocycles. The van der Waals surface area contributed by atoms with E-state index in [1.54, 1.807) is 31.2 Å². The maximum absolute atomic E-state index is 12.7. The molecule has 1 atom stereocenters. The van der Waals surface area contributed by atoms with Crippen LogP contribution in [0.1, 0.15) is 6.92 Å². The number of carbonyl (C=O) groups excluding carboxylic acids is 1. The lowest BCUT2D eigenvalue weighted by atomic mass is 10.3. The minimum Gasteiger partial charge on any atom is -0.481 e. The number of benzene rings is 2. The van der Waals surface area contributed by atoms with Gasteiger partial charge >= 0.3 is 6.01 Å². The van der Waals surface area contributed by atoms with Crippen LogP contribution in [-0.4, -0.2) is 44.6 Å². The molecule has 32 heavy (non-hydrogen) atoms. The first kappa shape index (κ1) is 22.8. The Morgan fingerprint density at radius 2 is 1.66 bits per heavy atom. The lowest BCUT2D eigenvalue weighted by Gasteiger charge is -2.15. The van der Waals surface area contributed by atoms with Crippen LogP contribution in [0.4, 0.5) is 11.5 Å². The van der Waals surface area contributed by atoms with E-state index in [1.807, 2.05) is 6.07 Å². The van der Waals surface area contributed by atoms with Gasteiger partial charge in [-0.15, -0.1) is 0 Å². The number of methoxy groups -OCH3 is 2. The van der Waals surface area contributed by atoms with Crippen LogP contribution in [0, 0.1) is 0 Å². The standard InChI is InChI=1S/C21H22N4O6S/c1-14(31-16-7-5-4-6-8-16)20(26)22-15-9-11-17(12-10-15)32(27,28)25-18-13-19(29-2)24-21(23-18)30-3/h4-14H,1-3H3,(H,22,26)(H,23,24,25)/t14-/m1/s1. The summed E-state index contributed by atoms with van der Waals surface area (Å²) in [5.41, 5.74) is 0.419. The number of carbonyl (C=O) groups is 1. The molecule has 1 aromatic heterocycles. The van der Waals surface area contributed by atoms with E-state index in [2.05, 4.69) is 20.0 Å². The number of ether oxygens (including phenoxy) is 3. The molecule has 3 rings (SSSR count). The fraction of sp³-hybridized carbons (Fsp3) is 0.190. The highest BCUT2D eigenvalue weighted by Crippen LogP contribution is 2.22. The highest BCUT2D eigenvalue weighted by molar-refractivity contribution is 7.92. The summed E-state index contributed by atoms with van der Waals surface area (Å²) >= 11 is 0. The predicted molar refractivity (Wildman–Crippen MR) is 118 cm³/mol. The minimum absolute atomic E-state index is 0.0158. The van der Waals surface area contributed by atoms with Gasteiger partial charge in [-0.25, -0.2) is 8.42 Å². The second-order valence-electron chi connectivity index (χ2n) is 6.47. The molecule has 2 aromatic carbocycles. The van der Waals surface area contributed by atoms with E-state index in [0.717, 1.165) is 0 Å². The van der Waals surface area contributed by atoms with Gasteiger partial charge in [0.2, 0.25) is 5.88 Å². The van der Waals surface area contributed by atoms with Crippen molar-refractivity contribution in [2.24, 2.45) is 0 Å². The number of nitrogens with one attached hydrogen (secondary N) is 2.